The summed E-state index contributed by atoms with van der Waals surface area (Å²) in [5.74, 6) is 0.784. The molecular weight excluding hydrogens is 292 g/mol. The Morgan fingerprint density at radius 2 is 1.91 bits per heavy atom. The van der Waals surface area contributed by atoms with Crippen LogP contribution < -0.4 is 4.74 Å². The maximum Gasteiger partial charge on any atom is 0.195 e. The van der Waals surface area contributed by atoms with Gasteiger partial charge in [0.15, 0.2) is 5.12 Å². The van der Waals surface area contributed by atoms with Crippen molar-refractivity contribution < 1.29 is 9.53 Å². The van der Waals surface area contributed by atoms with Gasteiger partial charge in [0.1, 0.15) is 12.4 Å². The van der Waals surface area contributed by atoms with Crippen molar-refractivity contribution in [1.29, 1.82) is 0 Å². The molecule has 0 aromatic heterocycles. The van der Waals surface area contributed by atoms with Gasteiger partial charge in [-0.1, -0.05) is 55.1 Å². The van der Waals surface area contributed by atoms with Crippen LogP contribution in [0.1, 0.15) is 35.1 Å². The number of ether oxygens (including phenoxy) is 1. The van der Waals surface area contributed by atoms with E-state index in [-0.39, 0.29) is 11.0 Å². The molecule has 22 heavy (non-hydrogen) atoms. The molecule has 0 saturated heterocycles. The fraction of sp³-hybridized carbons (Fsp3) is 0.316. The lowest BCUT2D eigenvalue weighted by Gasteiger charge is -2.16. The Morgan fingerprint density at radius 1 is 1.18 bits per heavy atom. The standard InChI is InChI=1S/C19H22O2S/c1-13-9-10-14(2)18(11-13)21-12-16-7-5-6-8-17(16)15(3)19(20)22-4/h5-11,15H,12H2,1-4H3. The lowest BCUT2D eigenvalue weighted by atomic mass is 9.97. The largest absolute Gasteiger partial charge is 0.489 e. The van der Waals surface area contributed by atoms with Crippen molar-refractivity contribution in [3.63, 3.8) is 0 Å². The molecule has 0 aliphatic carbocycles. The van der Waals surface area contributed by atoms with Crippen molar-refractivity contribution in [2.75, 3.05) is 6.26 Å². The van der Waals surface area contributed by atoms with Crippen LogP contribution in [-0.4, -0.2) is 11.4 Å². The number of carbonyl (C=O) groups is 1. The second-order valence-corrected chi connectivity index (χ2v) is 6.31. The Hall–Kier alpha value is -1.74. The van der Waals surface area contributed by atoms with Crippen LogP contribution in [0.4, 0.5) is 0 Å². The Kier molecular flexibility index (Phi) is 5.67. The number of benzene rings is 2. The number of rotatable bonds is 5. The van der Waals surface area contributed by atoms with Crippen LogP contribution in [0.3, 0.4) is 0 Å². The second kappa shape index (κ2) is 7.50. The van der Waals surface area contributed by atoms with Gasteiger partial charge < -0.3 is 4.74 Å². The first-order valence-electron chi connectivity index (χ1n) is 7.38. The van der Waals surface area contributed by atoms with E-state index in [1.165, 1.54) is 17.3 Å². The van der Waals surface area contributed by atoms with Crippen LogP contribution in [0.2, 0.25) is 0 Å². The third-order valence-electron chi connectivity index (χ3n) is 3.80. The normalized spacial score (nSPS) is 12.0. The van der Waals surface area contributed by atoms with E-state index in [1.54, 1.807) is 0 Å². The van der Waals surface area contributed by atoms with Crippen molar-refractivity contribution in [3.05, 3.63) is 64.7 Å². The van der Waals surface area contributed by atoms with Crippen molar-refractivity contribution in [1.82, 2.24) is 0 Å². The van der Waals surface area contributed by atoms with Crippen LogP contribution in [0.15, 0.2) is 42.5 Å². The number of hydrogen-bond acceptors (Lipinski definition) is 3. The molecule has 0 aliphatic rings. The first-order chi connectivity index (χ1) is 10.5. The fourth-order valence-corrected chi connectivity index (χ4v) is 2.89. The van der Waals surface area contributed by atoms with E-state index in [1.807, 2.05) is 44.4 Å². The van der Waals surface area contributed by atoms with Crippen LogP contribution in [0.5, 0.6) is 5.75 Å². The Balaban J connectivity index is 2.20. The van der Waals surface area contributed by atoms with E-state index in [4.69, 9.17) is 4.74 Å². The van der Waals surface area contributed by atoms with Gasteiger partial charge in [-0.15, -0.1) is 0 Å². The minimum absolute atomic E-state index is 0.117. The second-order valence-electron chi connectivity index (χ2n) is 5.50. The first-order valence-corrected chi connectivity index (χ1v) is 8.61. The summed E-state index contributed by atoms with van der Waals surface area (Å²) < 4.78 is 5.99. The third kappa shape index (κ3) is 3.92. The first kappa shape index (κ1) is 16.6. The molecule has 1 unspecified atom stereocenters. The molecule has 0 spiro atoms. The smallest absolute Gasteiger partial charge is 0.195 e. The van der Waals surface area contributed by atoms with Crippen LogP contribution in [0, 0.1) is 13.8 Å². The predicted octanol–water partition coefficient (Wildman–Crippen LogP) is 4.88. The van der Waals surface area contributed by atoms with Gasteiger partial charge in [0.25, 0.3) is 0 Å². The lowest BCUT2D eigenvalue weighted by molar-refractivity contribution is -0.111. The Labute approximate surface area is 136 Å². The van der Waals surface area contributed by atoms with Gasteiger partial charge in [-0.05, 0) is 48.4 Å². The molecule has 2 rings (SSSR count). The maximum atomic E-state index is 12.0. The highest BCUT2D eigenvalue weighted by molar-refractivity contribution is 8.13. The van der Waals surface area contributed by atoms with Gasteiger partial charge in [-0.25, -0.2) is 0 Å². The molecule has 0 fully saturated rings. The zero-order valence-corrected chi connectivity index (χ0v) is 14.4. The maximum absolute atomic E-state index is 12.0. The summed E-state index contributed by atoms with van der Waals surface area (Å²) in [7, 11) is 0. The molecular formula is C19H22O2S. The molecule has 0 radical (unpaired) electrons. The minimum atomic E-state index is -0.117. The molecule has 0 N–H and O–H groups in total. The van der Waals surface area contributed by atoms with Gasteiger partial charge >= 0.3 is 0 Å². The summed E-state index contributed by atoms with van der Waals surface area (Å²) in [4.78, 5) is 12.0. The van der Waals surface area contributed by atoms with Gasteiger partial charge in [-0.2, -0.15) is 0 Å². The molecule has 0 bridgehead atoms. The third-order valence-corrected chi connectivity index (χ3v) is 4.56. The molecule has 3 heteroatoms. The number of thioether (sulfide) groups is 1. The average Bonchev–Trinajstić information content (AvgIpc) is 2.54. The van der Waals surface area contributed by atoms with E-state index < -0.39 is 0 Å². The predicted molar refractivity (Wildman–Crippen MR) is 93.6 cm³/mol. The molecule has 0 heterocycles. The van der Waals surface area contributed by atoms with E-state index in [9.17, 15) is 4.79 Å². The summed E-state index contributed by atoms with van der Waals surface area (Å²) in [6.07, 6.45) is 1.83. The van der Waals surface area contributed by atoms with Crippen molar-refractivity contribution in [2.45, 2.75) is 33.3 Å². The minimum Gasteiger partial charge on any atom is -0.489 e. The lowest BCUT2D eigenvalue weighted by Crippen LogP contribution is -2.09. The molecule has 0 amide bonds. The van der Waals surface area contributed by atoms with Crippen LogP contribution in [-0.2, 0) is 11.4 Å². The summed E-state index contributed by atoms with van der Waals surface area (Å²) in [5.41, 5.74) is 4.42. The number of hydrogen-bond donors (Lipinski definition) is 0. The van der Waals surface area contributed by atoms with E-state index >= 15 is 0 Å². The SMILES string of the molecule is CSC(=O)C(C)c1ccccc1COc1cc(C)ccc1C. The monoisotopic (exact) mass is 314 g/mol. The quantitative estimate of drug-likeness (QED) is 0.787. The summed E-state index contributed by atoms with van der Waals surface area (Å²) in [5, 5.41) is 0.180. The van der Waals surface area contributed by atoms with E-state index in [0.29, 0.717) is 6.61 Å². The average molecular weight is 314 g/mol. The summed E-state index contributed by atoms with van der Waals surface area (Å²) in [6, 6.07) is 14.2. The molecule has 2 nitrogen and oxygen atoms in total. The highest BCUT2D eigenvalue weighted by Crippen LogP contribution is 2.26. The topological polar surface area (TPSA) is 26.3 Å². The molecule has 1 atom stereocenters. The van der Waals surface area contributed by atoms with Gasteiger partial charge in [-0.3, -0.25) is 4.79 Å². The van der Waals surface area contributed by atoms with Crippen molar-refractivity contribution in [3.8, 4) is 5.75 Å². The van der Waals surface area contributed by atoms with Gasteiger partial charge in [0.05, 0.1) is 5.92 Å². The Bertz CT molecular complexity index is 664. The van der Waals surface area contributed by atoms with Crippen LogP contribution in [0.25, 0.3) is 0 Å². The van der Waals surface area contributed by atoms with Crippen LogP contribution >= 0.6 is 11.8 Å². The molecule has 0 saturated carbocycles. The fourth-order valence-electron chi connectivity index (χ4n) is 2.41. The van der Waals surface area contributed by atoms with Crippen molar-refractivity contribution >= 4 is 16.9 Å². The molecule has 2 aromatic carbocycles. The summed E-state index contributed by atoms with van der Waals surface area (Å²) in [6.45, 7) is 6.53. The zero-order valence-electron chi connectivity index (χ0n) is 13.6. The molecule has 2 aromatic rings. The van der Waals surface area contributed by atoms with Crippen molar-refractivity contribution in [2.24, 2.45) is 0 Å². The van der Waals surface area contributed by atoms with E-state index in [2.05, 4.69) is 25.1 Å². The number of aryl methyl sites for hydroxylation is 2. The molecule has 0 aliphatic heterocycles. The molecule has 116 valence electrons. The van der Waals surface area contributed by atoms with Gasteiger partial charge in [0, 0.05) is 0 Å². The van der Waals surface area contributed by atoms with E-state index in [0.717, 1.165) is 22.4 Å². The number of carbonyl (C=O) groups excluding carboxylic acids is 1. The summed E-state index contributed by atoms with van der Waals surface area (Å²) >= 11 is 1.28. The Morgan fingerprint density at radius 3 is 2.64 bits per heavy atom. The van der Waals surface area contributed by atoms with Gasteiger partial charge in [0.2, 0.25) is 0 Å². The highest BCUT2D eigenvalue weighted by Gasteiger charge is 2.17. The zero-order chi connectivity index (χ0) is 16.1. The highest BCUT2D eigenvalue weighted by atomic mass is 32.2.